The Morgan fingerprint density at radius 1 is 0.892 bits per heavy atom. The maximum atomic E-state index is 12.6. The Hall–Kier alpha value is -0.0394. The molecule has 1 heterocycles. The predicted octanol–water partition coefficient (Wildman–Crippen LogP) is 7.74. The van der Waals surface area contributed by atoms with Crippen LogP contribution in [0.4, 0.5) is 0 Å². The fourth-order valence-corrected chi connectivity index (χ4v) is 8.13. The molecule has 1 aliphatic heterocycles. The monoisotopic (exact) mass is 577 g/mol. The third kappa shape index (κ3) is 10.5. The van der Waals surface area contributed by atoms with Crippen LogP contribution in [0.25, 0.3) is 0 Å². The van der Waals surface area contributed by atoms with Gasteiger partial charge in [0.25, 0.3) is 0 Å². The molecule has 0 aromatic heterocycles. The summed E-state index contributed by atoms with van der Waals surface area (Å²) in [6.07, 6.45) is 2.99. The molecule has 1 rings (SSSR count). The molecular formula is C28H61O6Si3+. The van der Waals surface area contributed by atoms with Crippen LogP contribution in [0, 0.1) is 11.8 Å². The molecule has 0 radical (unpaired) electrons. The third-order valence-electron chi connectivity index (χ3n) is 8.95. The fourth-order valence-electron chi connectivity index (χ4n) is 4.31. The van der Waals surface area contributed by atoms with E-state index in [9.17, 15) is 4.79 Å². The lowest BCUT2D eigenvalue weighted by Crippen LogP contribution is -2.54. The lowest BCUT2D eigenvalue weighted by Gasteiger charge is -2.46. The van der Waals surface area contributed by atoms with E-state index in [0.29, 0.717) is 19.6 Å². The number of rotatable bonds is 13. The van der Waals surface area contributed by atoms with Crippen molar-refractivity contribution >= 4 is 30.9 Å². The Bertz CT molecular complexity index is 706. The highest BCUT2D eigenvalue weighted by molar-refractivity contribution is 6.74. The Morgan fingerprint density at radius 2 is 1.38 bits per heavy atom. The number of esters is 1. The molecular weight excluding hydrogens is 517 g/mol. The molecule has 0 aliphatic carbocycles. The van der Waals surface area contributed by atoms with Gasteiger partial charge in [0.15, 0.2) is 16.6 Å². The van der Waals surface area contributed by atoms with Gasteiger partial charge in [0, 0.05) is 45.7 Å². The van der Waals surface area contributed by atoms with Crippen molar-refractivity contribution in [1.82, 2.24) is 0 Å². The molecule has 1 saturated heterocycles. The van der Waals surface area contributed by atoms with Crippen LogP contribution in [0.15, 0.2) is 0 Å². The number of hydrogen-bond acceptors (Lipinski definition) is 5. The molecule has 6 nitrogen and oxygen atoms in total. The van der Waals surface area contributed by atoms with Gasteiger partial charge in [-0.05, 0) is 55.0 Å². The zero-order chi connectivity index (χ0) is 28.9. The molecule has 0 aromatic rings. The normalized spacial score (nSPS) is 20.5. The van der Waals surface area contributed by atoms with Crippen molar-refractivity contribution in [3.05, 3.63) is 0 Å². The van der Waals surface area contributed by atoms with Crippen molar-refractivity contribution in [3.8, 4) is 0 Å². The highest BCUT2D eigenvalue weighted by Gasteiger charge is 2.48. The van der Waals surface area contributed by atoms with Crippen molar-refractivity contribution in [1.29, 1.82) is 0 Å². The maximum absolute atomic E-state index is 12.6. The van der Waals surface area contributed by atoms with Gasteiger partial charge in [0.1, 0.15) is 6.61 Å². The summed E-state index contributed by atoms with van der Waals surface area (Å²) in [7, 11) is -4.00. The van der Waals surface area contributed by atoms with E-state index in [-0.39, 0.29) is 34.2 Å². The number of carbonyl (C=O) groups excluding carboxylic acids is 1. The summed E-state index contributed by atoms with van der Waals surface area (Å²) in [5, 5.41) is 0.309. The SMILES string of the molecule is COC(=O)C[C@@H](CCO[Si](C)(C)C(C)(C)C)[C@@H](CCO[Si](C)(C)C(C)(C)C)C1OCCC[O+]1[Si](C)(C)C. The number of hydrogen-bond donors (Lipinski definition) is 0. The minimum absolute atomic E-state index is 0.0778. The first-order valence-corrected chi connectivity index (χ1v) is 23.5. The topological polar surface area (TPSA) is 56.7 Å². The summed E-state index contributed by atoms with van der Waals surface area (Å²) in [4.78, 5) is 12.6. The summed E-state index contributed by atoms with van der Waals surface area (Å²) in [5.41, 5.74) is 0. The minimum atomic E-state index is -1.88. The summed E-state index contributed by atoms with van der Waals surface area (Å²) in [5.74, 6) is 0.0756. The second kappa shape index (κ2) is 13.5. The van der Waals surface area contributed by atoms with Crippen LogP contribution in [0.5, 0.6) is 0 Å². The molecule has 3 atom stereocenters. The Kier molecular flexibility index (Phi) is 12.8. The summed E-state index contributed by atoms with van der Waals surface area (Å²) >= 11 is 0. The minimum Gasteiger partial charge on any atom is -0.495 e. The molecule has 1 fully saturated rings. The smallest absolute Gasteiger partial charge is 0.378 e. The number of methoxy groups -OCH3 is 1. The summed E-state index contributed by atoms with van der Waals surface area (Å²) in [6, 6.07) is 0. The third-order valence-corrected chi connectivity index (χ3v) is 20.0. The lowest BCUT2D eigenvalue weighted by atomic mass is 9.84. The Morgan fingerprint density at radius 3 is 1.81 bits per heavy atom. The fraction of sp³-hybridized carbons (Fsp3) is 0.964. The Balaban J connectivity index is 3.27. The molecule has 0 aromatic carbocycles. The second-order valence-electron chi connectivity index (χ2n) is 14.8. The van der Waals surface area contributed by atoms with Gasteiger partial charge in [-0.1, -0.05) is 41.5 Å². The molecule has 220 valence electrons. The summed E-state index contributed by atoms with van der Waals surface area (Å²) < 4.78 is 28.6. The van der Waals surface area contributed by atoms with Crippen molar-refractivity contribution < 1.29 is 27.2 Å². The van der Waals surface area contributed by atoms with E-state index >= 15 is 0 Å². The first-order valence-electron chi connectivity index (χ1n) is 14.3. The van der Waals surface area contributed by atoms with Crippen molar-refractivity contribution in [2.45, 2.75) is 129 Å². The van der Waals surface area contributed by atoms with E-state index in [1.54, 1.807) is 0 Å². The zero-order valence-corrected chi connectivity index (χ0v) is 29.8. The van der Waals surface area contributed by atoms with Gasteiger partial charge in [-0.15, -0.1) is 0 Å². The summed E-state index contributed by atoms with van der Waals surface area (Å²) in [6.45, 7) is 33.0. The molecule has 9 heteroatoms. The first-order chi connectivity index (χ1) is 16.6. The predicted molar refractivity (Wildman–Crippen MR) is 163 cm³/mol. The zero-order valence-electron chi connectivity index (χ0n) is 26.8. The van der Waals surface area contributed by atoms with E-state index in [1.807, 2.05) is 0 Å². The van der Waals surface area contributed by atoms with Crippen LogP contribution < -0.4 is 0 Å². The molecule has 1 unspecified atom stereocenters. The molecule has 0 N–H and O–H groups in total. The average molecular weight is 578 g/mol. The van der Waals surface area contributed by atoms with E-state index in [2.05, 4.69) is 91.4 Å². The number of ether oxygens (including phenoxy) is 2. The van der Waals surface area contributed by atoms with Crippen LogP contribution in [-0.2, 0) is 27.2 Å². The molecule has 0 bridgehead atoms. The quantitative estimate of drug-likeness (QED) is 0.127. The van der Waals surface area contributed by atoms with E-state index in [0.717, 1.165) is 32.5 Å². The van der Waals surface area contributed by atoms with Gasteiger partial charge >= 0.3 is 14.3 Å². The van der Waals surface area contributed by atoms with Gasteiger partial charge in [0.2, 0.25) is 6.29 Å². The van der Waals surface area contributed by atoms with Crippen molar-refractivity contribution in [3.63, 3.8) is 0 Å². The number of carbonyl (C=O) groups is 1. The largest absolute Gasteiger partial charge is 0.495 e. The first kappa shape index (κ1) is 35.0. The van der Waals surface area contributed by atoms with E-state index < -0.39 is 25.0 Å². The van der Waals surface area contributed by atoms with Gasteiger partial charge in [-0.2, -0.15) is 0 Å². The standard InChI is InChI=1S/C28H61O6Si3/c1-27(2,3)36(11,12)32-19-16-23(22-25(29)30-7)24(17-20-33-37(13,14)28(4,5)6)26-31-18-15-21-34(26)35(8,9)10/h23-24,26H,15-22H2,1-14H3/q+1/t23-,24-,26?/m1/s1. The van der Waals surface area contributed by atoms with E-state index in [1.165, 1.54) is 7.11 Å². The van der Waals surface area contributed by atoms with Gasteiger partial charge in [-0.25, -0.2) is 0 Å². The maximum Gasteiger partial charge on any atom is 0.378 e. The molecule has 0 amide bonds. The van der Waals surface area contributed by atoms with Crippen LogP contribution in [0.1, 0.15) is 67.2 Å². The highest BCUT2D eigenvalue weighted by Crippen LogP contribution is 2.41. The molecule has 0 spiro atoms. The van der Waals surface area contributed by atoms with Gasteiger partial charge in [-0.3, -0.25) is 4.79 Å². The van der Waals surface area contributed by atoms with E-state index in [4.69, 9.17) is 18.3 Å². The molecule has 0 saturated carbocycles. The van der Waals surface area contributed by atoms with Crippen LogP contribution >= 0.6 is 0 Å². The van der Waals surface area contributed by atoms with Gasteiger partial charge < -0.3 is 22.4 Å². The van der Waals surface area contributed by atoms with Gasteiger partial charge in [0.05, 0.1) is 19.6 Å². The van der Waals surface area contributed by atoms with Crippen LogP contribution in [0.3, 0.4) is 0 Å². The van der Waals surface area contributed by atoms with Crippen LogP contribution in [0.2, 0.25) is 55.9 Å². The average Bonchev–Trinajstić information content (AvgIpc) is 2.73. The van der Waals surface area contributed by atoms with Crippen LogP contribution in [-0.4, -0.2) is 70.7 Å². The second-order valence-corrected chi connectivity index (χ2v) is 29.2. The molecule has 37 heavy (non-hydrogen) atoms. The lowest BCUT2D eigenvalue weighted by molar-refractivity contribution is -0.277. The molecule has 1 aliphatic rings. The Labute approximate surface area is 232 Å². The van der Waals surface area contributed by atoms with Crippen molar-refractivity contribution in [2.75, 3.05) is 33.5 Å². The van der Waals surface area contributed by atoms with Crippen molar-refractivity contribution in [2.24, 2.45) is 11.8 Å². The highest BCUT2D eigenvalue weighted by atomic mass is 28.4.